The number of halogens is 4. The highest BCUT2D eigenvalue weighted by atomic mass is 35.5. The normalized spacial score (nSPS) is 17.8. The van der Waals surface area contributed by atoms with Crippen LogP contribution >= 0.6 is 46.4 Å². The summed E-state index contributed by atoms with van der Waals surface area (Å²) in [6.45, 7) is 9.27. The zero-order valence-corrected chi connectivity index (χ0v) is 27.1. The van der Waals surface area contributed by atoms with Gasteiger partial charge in [0.1, 0.15) is 13.0 Å². The Morgan fingerprint density at radius 1 is 1.02 bits per heavy atom. The molecule has 0 spiro atoms. The van der Waals surface area contributed by atoms with Gasteiger partial charge in [-0.25, -0.2) is 0 Å². The molecule has 0 aliphatic carbocycles. The van der Waals surface area contributed by atoms with E-state index < -0.39 is 16.8 Å². The first kappa shape index (κ1) is 32.6. The smallest absolute Gasteiger partial charge is 0.309 e. The first-order valence-corrected chi connectivity index (χ1v) is 14.9. The van der Waals surface area contributed by atoms with Gasteiger partial charge in [0.05, 0.1) is 43.7 Å². The molecule has 7 nitrogen and oxygen atoms in total. The van der Waals surface area contributed by atoms with Crippen molar-refractivity contribution in [2.45, 2.75) is 44.9 Å². The zero-order chi connectivity index (χ0) is 31.7. The maximum atomic E-state index is 11.5. The molecule has 2 heterocycles. The molecule has 0 radical (unpaired) electrons. The Kier molecular flexibility index (Phi) is 9.68. The fourth-order valence-electron chi connectivity index (χ4n) is 5.68. The molecule has 224 valence electrons. The lowest BCUT2D eigenvalue weighted by molar-refractivity contribution is -0.436. The SMILES string of the molecule is CC1(C)C(/C=C/C(C#N)=C/C=C2/N(CCOC=O)c3cc(Cl)c(Cl)cc3C2(C)C)=[N+](CCC(=O)O)c2cc(Cl)c(Cl)cc21. The largest absolute Gasteiger partial charge is 0.481 e. The van der Waals surface area contributed by atoms with Gasteiger partial charge in [0.25, 0.3) is 6.47 Å². The highest BCUT2D eigenvalue weighted by Crippen LogP contribution is 2.50. The van der Waals surface area contributed by atoms with Crippen LogP contribution in [0.25, 0.3) is 0 Å². The van der Waals surface area contributed by atoms with Crippen LogP contribution in [0.3, 0.4) is 0 Å². The minimum absolute atomic E-state index is 0.0898. The van der Waals surface area contributed by atoms with Crippen molar-refractivity contribution in [2.75, 3.05) is 24.6 Å². The number of aliphatic carboxylic acids is 1. The van der Waals surface area contributed by atoms with Gasteiger partial charge in [-0.2, -0.15) is 9.84 Å². The Labute approximate surface area is 270 Å². The quantitative estimate of drug-likeness (QED) is 0.0911. The van der Waals surface area contributed by atoms with Crippen LogP contribution in [0.5, 0.6) is 0 Å². The standard InChI is InChI=1S/C32H29Cl4N3O4/c1-31(2)20-13-22(33)24(35)15-26(20)38(10-9-30(41)42)28(31)7-5-19(17-37)6-8-29-32(3,4)21-14-23(34)25(36)16-27(21)39(29)11-12-43-18-40/h5-8,13-16,18H,9-12H2,1-4H3/p+1. The fourth-order valence-corrected chi connectivity index (χ4v) is 6.32. The van der Waals surface area contributed by atoms with Crippen LogP contribution in [0.2, 0.25) is 20.1 Å². The van der Waals surface area contributed by atoms with E-state index in [-0.39, 0.29) is 19.6 Å². The summed E-state index contributed by atoms with van der Waals surface area (Å²) < 4.78 is 6.89. The van der Waals surface area contributed by atoms with E-state index in [1.54, 1.807) is 30.4 Å². The number of ether oxygens (including phenoxy) is 1. The summed E-state index contributed by atoms with van der Waals surface area (Å²) in [6, 6.07) is 9.42. The second kappa shape index (κ2) is 12.8. The molecular weight excluding hydrogens is 632 g/mol. The minimum Gasteiger partial charge on any atom is -0.481 e. The van der Waals surface area contributed by atoms with Crippen molar-refractivity contribution in [1.82, 2.24) is 0 Å². The molecule has 0 saturated heterocycles. The van der Waals surface area contributed by atoms with Crippen LogP contribution in [-0.2, 0) is 25.2 Å². The highest BCUT2D eigenvalue weighted by Gasteiger charge is 2.45. The van der Waals surface area contributed by atoms with Crippen molar-refractivity contribution in [3.8, 4) is 6.07 Å². The molecule has 0 bridgehead atoms. The van der Waals surface area contributed by atoms with Gasteiger partial charge in [0, 0.05) is 34.5 Å². The topological polar surface area (TPSA) is 93.6 Å². The molecule has 0 saturated carbocycles. The average molecular weight is 662 g/mol. The number of carboxylic acids is 1. The molecule has 0 fully saturated rings. The van der Waals surface area contributed by atoms with Gasteiger partial charge in [-0.1, -0.05) is 60.3 Å². The van der Waals surface area contributed by atoms with Crippen molar-refractivity contribution < 1.29 is 24.0 Å². The van der Waals surface area contributed by atoms with Crippen molar-refractivity contribution in [2.24, 2.45) is 0 Å². The van der Waals surface area contributed by atoms with Gasteiger partial charge >= 0.3 is 5.97 Å². The highest BCUT2D eigenvalue weighted by molar-refractivity contribution is 6.42. The predicted octanol–water partition coefficient (Wildman–Crippen LogP) is 8.01. The van der Waals surface area contributed by atoms with Gasteiger partial charge in [0.2, 0.25) is 5.69 Å². The third kappa shape index (κ3) is 6.34. The second-order valence-electron chi connectivity index (χ2n) is 11.2. The second-order valence-corrected chi connectivity index (χ2v) is 12.9. The molecule has 2 aliphatic heterocycles. The molecule has 0 unspecified atom stereocenters. The molecule has 2 aliphatic rings. The molecule has 0 atom stereocenters. The summed E-state index contributed by atoms with van der Waals surface area (Å²) in [7, 11) is 0. The third-order valence-electron chi connectivity index (χ3n) is 7.89. The van der Waals surface area contributed by atoms with E-state index in [2.05, 4.69) is 6.07 Å². The minimum atomic E-state index is -0.926. The number of carbonyl (C=O) groups is 2. The molecule has 2 aromatic carbocycles. The number of nitrogens with zero attached hydrogens (tertiary/aromatic N) is 3. The van der Waals surface area contributed by atoms with Gasteiger partial charge in [-0.05, 0) is 55.8 Å². The first-order valence-electron chi connectivity index (χ1n) is 13.4. The summed E-state index contributed by atoms with van der Waals surface area (Å²) in [4.78, 5) is 24.3. The molecule has 43 heavy (non-hydrogen) atoms. The van der Waals surface area contributed by atoms with Crippen molar-refractivity contribution >= 4 is 75.9 Å². The lowest BCUT2D eigenvalue weighted by atomic mass is 9.81. The molecule has 0 amide bonds. The molecular formula is C32H30Cl4N3O4+. The van der Waals surface area contributed by atoms with Crippen LogP contribution in [0.1, 0.15) is 45.2 Å². The average Bonchev–Trinajstić information content (AvgIpc) is 3.26. The number of hydrogen-bond donors (Lipinski definition) is 1. The Hall–Kier alpha value is -3.28. The fraction of sp³-hybridized carbons (Fsp3) is 0.312. The number of allylic oxidation sites excluding steroid dienone is 6. The Morgan fingerprint density at radius 3 is 2.28 bits per heavy atom. The van der Waals surface area contributed by atoms with Crippen LogP contribution in [0.15, 0.2) is 59.8 Å². The number of rotatable bonds is 10. The van der Waals surface area contributed by atoms with E-state index in [1.807, 2.05) is 55.4 Å². The number of carboxylic acid groups (broad SMARTS) is 1. The van der Waals surface area contributed by atoms with E-state index in [4.69, 9.17) is 51.1 Å². The number of fused-ring (bicyclic) bond motifs is 2. The lowest BCUT2D eigenvalue weighted by Gasteiger charge is -2.26. The molecule has 2 aromatic rings. The van der Waals surface area contributed by atoms with Gasteiger partial charge in [0.15, 0.2) is 12.3 Å². The summed E-state index contributed by atoms with van der Waals surface area (Å²) in [5.41, 5.74) is 4.49. The Balaban J connectivity index is 1.77. The summed E-state index contributed by atoms with van der Waals surface area (Å²) in [6.07, 6.45) is 7.04. The monoisotopic (exact) mass is 660 g/mol. The first-order chi connectivity index (χ1) is 20.2. The van der Waals surface area contributed by atoms with Crippen molar-refractivity contribution in [1.29, 1.82) is 5.26 Å². The van der Waals surface area contributed by atoms with E-state index >= 15 is 0 Å². The van der Waals surface area contributed by atoms with Crippen LogP contribution in [0.4, 0.5) is 11.4 Å². The van der Waals surface area contributed by atoms with Gasteiger partial charge < -0.3 is 14.7 Å². The van der Waals surface area contributed by atoms with Crippen molar-refractivity contribution in [3.05, 3.63) is 91.1 Å². The van der Waals surface area contributed by atoms with Crippen LogP contribution < -0.4 is 4.90 Å². The molecule has 11 heteroatoms. The van der Waals surface area contributed by atoms with E-state index in [0.717, 1.165) is 33.9 Å². The molecule has 1 N–H and O–H groups in total. The number of nitriles is 1. The number of carbonyl (C=O) groups excluding carboxylic acids is 1. The van der Waals surface area contributed by atoms with E-state index in [9.17, 15) is 20.0 Å². The molecule has 4 rings (SSSR count). The molecule has 0 aromatic heterocycles. The zero-order valence-electron chi connectivity index (χ0n) is 24.1. The van der Waals surface area contributed by atoms with Crippen molar-refractivity contribution in [3.63, 3.8) is 0 Å². The van der Waals surface area contributed by atoms with Crippen LogP contribution in [0, 0.1) is 11.3 Å². The van der Waals surface area contributed by atoms with E-state index in [1.165, 1.54) is 0 Å². The third-order valence-corrected chi connectivity index (χ3v) is 9.33. The number of anilines is 1. The van der Waals surface area contributed by atoms with Gasteiger partial charge in [-0.15, -0.1) is 0 Å². The Morgan fingerprint density at radius 2 is 1.65 bits per heavy atom. The van der Waals surface area contributed by atoms with E-state index in [0.29, 0.717) is 38.7 Å². The maximum absolute atomic E-state index is 11.5. The summed E-state index contributed by atoms with van der Waals surface area (Å²) >= 11 is 25.4. The lowest BCUT2D eigenvalue weighted by Crippen LogP contribution is -2.29. The number of benzene rings is 2. The number of hydrogen-bond acceptors (Lipinski definition) is 5. The summed E-state index contributed by atoms with van der Waals surface area (Å²) in [5, 5.41) is 21.1. The predicted molar refractivity (Wildman–Crippen MR) is 171 cm³/mol. The summed E-state index contributed by atoms with van der Waals surface area (Å²) in [5.74, 6) is -0.926. The van der Waals surface area contributed by atoms with Gasteiger partial charge in [-0.3, -0.25) is 9.59 Å². The maximum Gasteiger partial charge on any atom is 0.309 e. The van der Waals surface area contributed by atoms with Crippen LogP contribution in [-0.4, -0.2) is 47.5 Å². The Bertz CT molecular complexity index is 1670.